The second-order valence-corrected chi connectivity index (χ2v) is 2.31. The molecule has 0 unspecified atom stereocenters. The van der Waals surface area contributed by atoms with E-state index in [1.54, 1.807) is 13.8 Å². The van der Waals surface area contributed by atoms with E-state index in [2.05, 4.69) is 0 Å². The minimum atomic E-state index is -0.968. The van der Waals surface area contributed by atoms with Gasteiger partial charge in [-0.1, -0.05) is 13.8 Å². The van der Waals surface area contributed by atoms with Gasteiger partial charge in [-0.25, -0.2) is 0 Å². The largest absolute Gasteiger partial charge is 0.384 e. The standard InChI is InChI=1S/C6H13NO2/c1-4(2)6(9)5(8)3-7/h4-5,8H,3,7H2,1-2H3/t5-/m1/s1. The Morgan fingerprint density at radius 3 is 2.22 bits per heavy atom. The van der Waals surface area contributed by atoms with Crippen molar-refractivity contribution in [1.82, 2.24) is 0 Å². The second kappa shape index (κ2) is 3.58. The summed E-state index contributed by atoms with van der Waals surface area (Å²) in [6, 6.07) is 0. The number of ketones is 1. The van der Waals surface area contributed by atoms with Crippen LogP contribution in [0.4, 0.5) is 0 Å². The normalized spacial score (nSPS) is 13.9. The summed E-state index contributed by atoms with van der Waals surface area (Å²) in [5.41, 5.74) is 5.04. The minimum Gasteiger partial charge on any atom is -0.384 e. The quantitative estimate of drug-likeness (QED) is 0.544. The molecule has 0 saturated heterocycles. The van der Waals surface area contributed by atoms with Crippen LogP contribution in [-0.4, -0.2) is 23.5 Å². The Morgan fingerprint density at radius 1 is 1.67 bits per heavy atom. The maximum atomic E-state index is 10.7. The zero-order chi connectivity index (χ0) is 7.44. The Morgan fingerprint density at radius 2 is 2.11 bits per heavy atom. The van der Waals surface area contributed by atoms with Gasteiger partial charge in [-0.2, -0.15) is 0 Å². The highest BCUT2D eigenvalue weighted by molar-refractivity contribution is 5.84. The summed E-state index contributed by atoms with van der Waals surface area (Å²) in [7, 11) is 0. The molecular formula is C6H13NO2. The maximum Gasteiger partial charge on any atom is 0.165 e. The molecule has 0 aliphatic carbocycles. The highest BCUT2D eigenvalue weighted by Crippen LogP contribution is 1.97. The van der Waals surface area contributed by atoms with Crippen LogP contribution in [0.3, 0.4) is 0 Å². The predicted octanol–water partition coefficient (Wildman–Crippen LogP) is -0.469. The lowest BCUT2D eigenvalue weighted by Crippen LogP contribution is -2.32. The molecule has 0 amide bonds. The molecular weight excluding hydrogens is 118 g/mol. The first-order valence-corrected chi connectivity index (χ1v) is 3.01. The van der Waals surface area contributed by atoms with Crippen molar-refractivity contribution in [3.8, 4) is 0 Å². The topological polar surface area (TPSA) is 63.3 Å². The molecule has 0 spiro atoms. The Balaban J connectivity index is 3.73. The summed E-state index contributed by atoms with van der Waals surface area (Å²) in [6.45, 7) is 3.50. The number of Topliss-reactive ketones (excluding diaryl/α,β-unsaturated/α-hetero) is 1. The van der Waals surface area contributed by atoms with Gasteiger partial charge >= 0.3 is 0 Å². The van der Waals surface area contributed by atoms with Gasteiger partial charge in [0.05, 0.1) is 0 Å². The summed E-state index contributed by atoms with van der Waals surface area (Å²) in [5.74, 6) is -0.305. The molecule has 3 N–H and O–H groups in total. The van der Waals surface area contributed by atoms with Crippen LogP contribution in [0.1, 0.15) is 13.8 Å². The van der Waals surface area contributed by atoms with E-state index in [4.69, 9.17) is 10.8 Å². The number of carbonyl (C=O) groups is 1. The number of hydrogen-bond acceptors (Lipinski definition) is 3. The van der Waals surface area contributed by atoms with E-state index in [1.807, 2.05) is 0 Å². The van der Waals surface area contributed by atoms with Crippen molar-refractivity contribution in [1.29, 1.82) is 0 Å². The number of carbonyl (C=O) groups excluding carboxylic acids is 1. The van der Waals surface area contributed by atoms with E-state index in [0.29, 0.717) is 0 Å². The van der Waals surface area contributed by atoms with Crippen LogP contribution in [0.2, 0.25) is 0 Å². The lowest BCUT2D eigenvalue weighted by molar-refractivity contribution is -0.129. The fourth-order valence-electron chi connectivity index (χ4n) is 0.501. The zero-order valence-corrected chi connectivity index (χ0v) is 5.79. The Hall–Kier alpha value is -0.410. The van der Waals surface area contributed by atoms with Crippen LogP contribution < -0.4 is 5.73 Å². The average molecular weight is 131 g/mol. The van der Waals surface area contributed by atoms with Crippen molar-refractivity contribution in [2.24, 2.45) is 11.7 Å². The molecule has 0 saturated carbocycles. The summed E-state index contributed by atoms with van der Waals surface area (Å²) >= 11 is 0. The number of nitrogens with two attached hydrogens (primary N) is 1. The van der Waals surface area contributed by atoms with Crippen molar-refractivity contribution in [2.45, 2.75) is 20.0 Å². The van der Waals surface area contributed by atoms with Crippen LogP contribution in [0, 0.1) is 5.92 Å². The average Bonchev–Trinajstić information content (AvgIpc) is 1.84. The van der Waals surface area contributed by atoms with Crippen LogP contribution in [0.5, 0.6) is 0 Å². The molecule has 54 valence electrons. The molecule has 0 fully saturated rings. The summed E-state index contributed by atoms with van der Waals surface area (Å²) < 4.78 is 0. The van der Waals surface area contributed by atoms with E-state index in [-0.39, 0.29) is 18.2 Å². The zero-order valence-electron chi connectivity index (χ0n) is 5.79. The molecule has 9 heavy (non-hydrogen) atoms. The molecule has 0 aliphatic rings. The Kier molecular flexibility index (Phi) is 3.42. The van der Waals surface area contributed by atoms with Gasteiger partial charge in [-0.05, 0) is 0 Å². The van der Waals surface area contributed by atoms with Crippen molar-refractivity contribution in [3.63, 3.8) is 0 Å². The minimum absolute atomic E-state index is 0.0248. The van der Waals surface area contributed by atoms with E-state index in [0.717, 1.165) is 0 Å². The van der Waals surface area contributed by atoms with Gasteiger partial charge in [0, 0.05) is 12.5 Å². The molecule has 0 aliphatic heterocycles. The monoisotopic (exact) mass is 131 g/mol. The third-order valence-electron chi connectivity index (χ3n) is 1.12. The molecule has 0 aromatic carbocycles. The molecule has 0 aromatic heterocycles. The lowest BCUT2D eigenvalue weighted by Gasteiger charge is -2.07. The first-order valence-electron chi connectivity index (χ1n) is 3.01. The van der Waals surface area contributed by atoms with Crippen molar-refractivity contribution < 1.29 is 9.90 Å². The second-order valence-electron chi connectivity index (χ2n) is 2.31. The molecule has 3 heteroatoms. The van der Waals surface area contributed by atoms with Crippen molar-refractivity contribution in [3.05, 3.63) is 0 Å². The number of hydrogen-bond donors (Lipinski definition) is 2. The highest BCUT2D eigenvalue weighted by atomic mass is 16.3. The van der Waals surface area contributed by atoms with Gasteiger partial charge in [0.25, 0.3) is 0 Å². The smallest absolute Gasteiger partial charge is 0.165 e. The summed E-state index contributed by atoms with van der Waals surface area (Å²) in [5, 5.41) is 8.82. The molecule has 0 rings (SSSR count). The molecule has 0 aromatic rings. The first-order chi connectivity index (χ1) is 4.09. The van der Waals surface area contributed by atoms with E-state index in [9.17, 15) is 4.79 Å². The lowest BCUT2D eigenvalue weighted by atomic mass is 10.0. The van der Waals surface area contributed by atoms with Crippen LogP contribution in [-0.2, 0) is 4.79 Å². The Labute approximate surface area is 54.9 Å². The molecule has 1 atom stereocenters. The molecule has 0 bridgehead atoms. The van der Waals surface area contributed by atoms with Crippen LogP contribution in [0.15, 0.2) is 0 Å². The third kappa shape index (κ3) is 2.58. The SMILES string of the molecule is CC(C)C(=O)[C@H](O)CN. The summed E-state index contributed by atoms with van der Waals surface area (Å²) in [4.78, 5) is 10.7. The van der Waals surface area contributed by atoms with Crippen LogP contribution in [0.25, 0.3) is 0 Å². The highest BCUT2D eigenvalue weighted by Gasteiger charge is 2.15. The van der Waals surface area contributed by atoms with Gasteiger partial charge < -0.3 is 10.8 Å². The fraction of sp³-hybridized carbons (Fsp3) is 0.833. The maximum absolute atomic E-state index is 10.7. The Bertz CT molecular complexity index is 101. The fourth-order valence-corrected chi connectivity index (χ4v) is 0.501. The first kappa shape index (κ1) is 8.59. The molecule has 3 nitrogen and oxygen atoms in total. The number of rotatable bonds is 3. The molecule has 0 heterocycles. The number of aliphatic hydroxyl groups is 1. The van der Waals surface area contributed by atoms with E-state index in [1.165, 1.54) is 0 Å². The molecule has 0 radical (unpaired) electrons. The summed E-state index contributed by atoms with van der Waals surface area (Å²) in [6.07, 6.45) is -0.968. The van der Waals surface area contributed by atoms with E-state index < -0.39 is 6.10 Å². The van der Waals surface area contributed by atoms with Gasteiger partial charge in [0.2, 0.25) is 0 Å². The van der Waals surface area contributed by atoms with Gasteiger partial charge in [-0.3, -0.25) is 4.79 Å². The van der Waals surface area contributed by atoms with E-state index >= 15 is 0 Å². The van der Waals surface area contributed by atoms with Gasteiger partial charge in [-0.15, -0.1) is 0 Å². The van der Waals surface area contributed by atoms with Gasteiger partial charge in [0.15, 0.2) is 5.78 Å². The van der Waals surface area contributed by atoms with Crippen molar-refractivity contribution in [2.75, 3.05) is 6.54 Å². The van der Waals surface area contributed by atoms with Crippen LogP contribution >= 0.6 is 0 Å². The number of aliphatic hydroxyl groups excluding tert-OH is 1. The third-order valence-corrected chi connectivity index (χ3v) is 1.12. The predicted molar refractivity (Wildman–Crippen MR) is 34.9 cm³/mol. The van der Waals surface area contributed by atoms with Crippen molar-refractivity contribution >= 4 is 5.78 Å². The van der Waals surface area contributed by atoms with Gasteiger partial charge in [0.1, 0.15) is 6.10 Å².